The highest BCUT2D eigenvalue weighted by Crippen LogP contribution is 2.59. The van der Waals surface area contributed by atoms with E-state index < -0.39 is 0 Å². The summed E-state index contributed by atoms with van der Waals surface area (Å²) in [5.74, 6) is 3.34. The van der Waals surface area contributed by atoms with Gasteiger partial charge in [-0.3, -0.25) is 0 Å². The number of benzene rings is 3. The summed E-state index contributed by atoms with van der Waals surface area (Å²) in [5.41, 5.74) is 1.82. The number of thiophene rings is 1. The summed E-state index contributed by atoms with van der Waals surface area (Å²) in [6, 6.07) is 22.0. The maximum atomic E-state index is 13.0. The Kier molecular flexibility index (Phi) is 6.47. The highest BCUT2D eigenvalue weighted by Gasteiger charge is 2.57. The summed E-state index contributed by atoms with van der Waals surface area (Å²) in [5, 5.41) is 2.66. The first-order valence-electron chi connectivity index (χ1n) is 13.8. The highest BCUT2D eigenvalue weighted by atomic mass is 35.5. The molecule has 0 unspecified atom stereocenters. The average Bonchev–Trinajstić information content (AvgIpc) is 3.21. The molecule has 5 heteroatoms. The van der Waals surface area contributed by atoms with Gasteiger partial charge in [0.25, 0.3) is 0 Å². The van der Waals surface area contributed by atoms with E-state index in [-0.39, 0.29) is 41.1 Å². The number of carbonyl (C=O) groups is 1. The van der Waals surface area contributed by atoms with Crippen molar-refractivity contribution in [3.8, 4) is 10.6 Å². The number of hydrogen-bond acceptors (Lipinski definition) is 3. The Morgan fingerprint density at radius 1 is 0.842 bits per heavy atom. The molecule has 0 N–H and O–H groups in total. The Morgan fingerprint density at radius 3 is 1.87 bits per heavy atom. The van der Waals surface area contributed by atoms with E-state index in [9.17, 15) is 4.79 Å². The zero-order valence-corrected chi connectivity index (χ0v) is 23.9. The van der Waals surface area contributed by atoms with Crippen molar-refractivity contribution in [2.45, 2.75) is 58.5 Å². The molecule has 0 spiro atoms. The molecule has 4 fully saturated rings. The maximum Gasteiger partial charge on any atom is 0.344 e. The van der Waals surface area contributed by atoms with Gasteiger partial charge >= 0.3 is 5.97 Å². The van der Waals surface area contributed by atoms with Gasteiger partial charge in [0, 0.05) is 33.4 Å². The summed E-state index contributed by atoms with van der Waals surface area (Å²) in [4.78, 5) is 14.3. The second-order valence-corrected chi connectivity index (χ2v) is 13.9. The van der Waals surface area contributed by atoms with E-state index in [1.165, 1.54) is 57.2 Å². The number of hydrogen-bond donors (Lipinski definition) is 0. The topological polar surface area (TPSA) is 35.5 Å². The van der Waals surface area contributed by atoms with E-state index in [1.807, 2.05) is 0 Å². The molecular weight excluding hydrogens is 512 g/mol. The number of fused-ring (bicyclic) bond motifs is 3. The lowest BCUT2D eigenvalue weighted by Gasteiger charge is -2.59. The van der Waals surface area contributed by atoms with E-state index in [1.54, 1.807) is 0 Å². The first-order valence-corrected chi connectivity index (χ1v) is 15.0. The van der Waals surface area contributed by atoms with Crippen LogP contribution in [0.2, 0.25) is 0 Å². The van der Waals surface area contributed by atoms with Crippen LogP contribution >= 0.6 is 10.5 Å². The van der Waals surface area contributed by atoms with Gasteiger partial charge in [-0.25, -0.2) is 4.79 Å². The number of ether oxygens (including phenoxy) is 2. The minimum Gasteiger partial charge on any atom is -1.00 e. The fourth-order valence-corrected chi connectivity index (χ4v) is 10.6. The molecule has 38 heavy (non-hydrogen) atoms. The van der Waals surface area contributed by atoms with Gasteiger partial charge in [0.15, 0.2) is 20.9 Å². The van der Waals surface area contributed by atoms with Crippen LogP contribution in [0.4, 0.5) is 0 Å². The smallest absolute Gasteiger partial charge is 0.344 e. The molecule has 0 atom stereocenters. The van der Waals surface area contributed by atoms with Gasteiger partial charge in [-0.15, -0.1) is 0 Å². The van der Waals surface area contributed by atoms with Crippen molar-refractivity contribution in [1.29, 1.82) is 0 Å². The van der Waals surface area contributed by atoms with Gasteiger partial charge in [0.2, 0.25) is 0 Å². The lowest BCUT2D eigenvalue weighted by molar-refractivity contribution is -0.204. The van der Waals surface area contributed by atoms with Gasteiger partial charge in [-0.1, -0.05) is 24.3 Å². The van der Waals surface area contributed by atoms with Gasteiger partial charge in [-0.05, 0) is 112 Å². The van der Waals surface area contributed by atoms with Crippen LogP contribution < -0.4 is 17.1 Å². The van der Waals surface area contributed by atoms with Gasteiger partial charge < -0.3 is 21.9 Å². The van der Waals surface area contributed by atoms with Gasteiger partial charge in [0.1, 0.15) is 11.4 Å². The van der Waals surface area contributed by atoms with E-state index in [0.29, 0.717) is 11.8 Å². The number of rotatable bonds is 5. The standard InChI is InChI=1S/C33H35O3S.ClH/c1-20-12-26(37-29-10-6-4-8-27(29)28-9-5-7-11-30(28)37)13-21(2)32(20)35-19-31(34)36-33(3)24-15-22-14-23(17-24)18-25(33)16-22;/h4-13,22-25H,14-19H2,1-3H3;1H/q+1;/p-1. The van der Waals surface area contributed by atoms with Crippen molar-refractivity contribution in [3.63, 3.8) is 0 Å². The van der Waals surface area contributed by atoms with E-state index >= 15 is 0 Å². The molecule has 4 aliphatic rings. The molecule has 198 valence electrons. The van der Waals surface area contributed by atoms with E-state index in [4.69, 9.17) is 9.47 Å². The van der Waals surface area contributed by atoms with Crippen LogP contribution in [0.1, 0.15) is 50.2 Å². The molecule has 3 nitrogen and oxygen atoms in total. The first-order chi connectivity index (χ1) is 17.9. The zero-order chi connectivity index (χ0) is 25.3. The number of carbonyl (C=O) groups excluding carboxylic acids is 1. The molecule has 8 rings (SSSR count). The van der Waals surface area contributed by atoms with E-state index in [0.717, 1.165) is 28.7 Å². The normalized spacial score (nSPS) is 27.4. The highest BCUT2D eigenvalue weighted by molar-refractivity contribution is 7.50. The summed E-state index contributed by atoms with van der Waals surface area (Å²) in [6.07, 6.45) is 6.31. The Hall–Kier alpha value is -2.56. The van der Waals surface area contributed by atoms with Crippen LogP contribution in [0.25, 0.3) is 25.1 Å². The van der Waals surface area contributed by atoms with Crippen molar-refractivity contribution >= 4 is 36.6 Å². The number of halogens is 1. The summed E-state index contributed by atoms with van der Waals surface area (Å²) in [7, 11) is -0.142. The second-order valence-electron chi connectivity index (χ2n) is 11.9. The summed E-state index contributed by atoms with van der Waals surface area (Å²) >= 11 is 0. The summed E-state index contributed by atoms with van der Waals surface area (Å²) < 4.78 is 15.1. The van der Waals surface area contributed by atoms with Crippen molar-refractivity contribution in [2.24, 2.45) is 23.7 Å². The van der Waals surface area contributed by atoms with Crippen LogP contribution in [0, 0.1) is 37.5 Å². The van der Waals surface area contributed by atoms with Crippen LogP contribution in [-0.4, -0.2) is 18.2 Å². The molecule has 4 bridgehead atoms. The summed E-state index contributed by atoms with van der Waals surface area (Å²) in [6.45, 7) is 6.35. The maximum absolute atomic E-state index is 13.0. The van der Waals surface area contributed by atoms with Crippen molar-refractivity contribution in [2.75, 3.05) is 6.61 Å². The Morgan fingerprint density at radius 2 is 1.34 bits per heavy atom. The molecule has 0 aliphatic heterocycles. The third kappa shape index (κ3) is 4.03. The van der Waals surface area contributed by atoms with Gasteiger partial charge in [0.05, 0.1) is 0 Å². The fraction of sp³-hybridized carbons (Fsp3) is 0.424. The lowest BCUT2D eigenvalue weighted by atomic mass is 9.50. The minimum absolute atomic E-state index is 0. The lowest BCUT2D eigenvalue weighted by Crippen LogP contribution is -3.00. The molecule has 4 aromatic rings. The van der Waals surface area contributed by atoms with Crippen molar-refractivity contribution in [3.05, 3.63) is 71.8 Å². The monoisotopic (exact) mass is 546 g/mol. The van der Waals surface area contributed by atoms with E-state index in [2.05, 4.69) is 81.4 Å². The molecule has 1 aromatic heterocycles. The van der Waals surface area contributed by atoms with Crippen LogP contribution in [0.15, 0.2) is 60.7 Å². The first kappa shape index (κ1) is 25.7. The minimum atomic E-state index is -0.313. The predicted octanol–water partition coefficient (Wildman–Crippen LogP) is 5.49. The van der Waals surface area contributed by atoms with Crippen LogP contribution in [0.3, 0.4) is 0 Å². The predicted molar refractivity (Wildman–Crippen MR) is 152 cm³/mol. The molecule has 4 saturated carbocycles. The number of aryl methyl sites for hydroxylation is 2. The van der Waals surface area contributed by atoms with Crippen LogP contribution in [0.5, 0.6) is 5.75 Å². The largest absolute Gasteiger partial charge is 1.00 e. The number of esters is 1. The third-order valence-corrected chi connectivity index (χ3v) is 11.9. The molecule has 0 amide bonds. The van der Waals surface area contributed by atoms with Gasteiger partial charge in [-0.2, -0.15) is 0 Å². The molecular formula is C33H35ClO3S. The van der Waals surface area contributed by atoms with Crippen LogP contribution in [-0.2, 0) is 9.53 Å². The zero-order valence-electron chi connectivity index (χ0n) is 22.3. The Labute approximate surface area is 233 Å². The molecule has 4 aliphatic carbocycles. The van der Waals surface area contributed by atoms with Crippen molar-refractivity contribution in [1.82, 2.24) is 0 Å². The molecule has 3 aromatic carbocycles. The fourth-order valence-electron chi connectivity index (χ4n) is 8.06. The van der Waals surface area contributed by atoms with Crippen molar-refractivity contribution < 1.29 is 26.7 Å². The third-order valence-electron chi connectivity index (χ3n) is 9.60. The molecule has 1 heterocycles. The molecule has 0 radical (unpaired) electrons. The Balaban J connectivity index is 0.00000264. The Bertz CT molecular complexity index is 1430. The SMILES string of the molecule is Cc1cc(-[s+]2c3ccccc3c3ccccc32)cc(C)c1OCC(=O)OC1(C)C2CC3CC(C2)CC1C3.[Cl-]. The quantitative estimate of drug-likeness (QED) is 0.245. The second kappa shape index (κ2) is 9.57. The molecule has 0 saturated heterocycles. The average molecular weight is 547 g/mol.